The van der Waals surface area contributed by atoms with Crippen LogP contribution in [0.3, 0.4) is 0 Å². The second-order valence-electron chi connectivity index (χ2n) is 7.53. The fraction of sp³-hybridized carbons (Fsp3) is 0.667. The zero-order valence-corrected chi connectivity index (χ0v) is 12.2. The van der Waals surface area contributed by atoms with Gasteiger partial charge in [0.15, 0.2) is 0 Å². The van der Waals surface area contributed by atoms with Crippen molar-refractivity contribution in [3.8, 4) is 0 Å². The summed E-state index contributed by atoms with van der Waals surface area (Å²) in [5, 5.41) is 0. The van der Waals surface area contributed by atoms with E-state index in [4.69, 9.17) is 5.73 Å². The van der Waals surface area contributed by atoms with Crippen molar-refractivity contribution >= 4 is 0 Å². The number of hydrogen-bond acceptors (Lipinski definition) is 1. The van der Waals surface area contributed by atoms with Gasteiger partial charge in [-0.1, -0.05) is 6.07 Å². The second kappa shape index (κ2) is 4.56. The number of nitrogens with two attached hydrogens (primary N) is 1. The van der Waals surface area contributed by atoms with Gasteiger partial charge in [-0.15, -0.1) is 0 Å². The number of rotatable bonds is 2. The smallest absolute Gasteiger partial charge is 0.123 e. The Balaban J connectivity index is 1.65. The molecule has 20 heavy (non-hydrogen) atoms. The van der Waals surface area contributed by atoms with E-state index in [2.05, 4.69) is 6.92 Å². The van der Waals surface area contributed by atoms with Crippen LogP contribution < -0.4 is 5.73 Å². The molecule has 1 nitrogen and oxygen atoms in total. The molecule has 108 valence electrons. The van der Waals surface area contributed by atoms with Crippen LogP contribution in [0, 0.1) is 42.3 Å². The molecule has 1 unspecified atom stereocenters. The molecule has 0 amide bonds. The minimum Gasteiger partial charge on any atom is -0.324 e. The topological polar surface area (TPSA) is 26.0 Å². The summed E-state index contributed by atoms with van der Waals surface area (Å²) in [4.78, 5) is 0. The maximum atomic E-state index is 13.6. The van der Waals surface area contributed by atoms with Crippen LogP contribution in [-0.2, 0) is 0 Å². The predicted octanol–water partition coefficient (Wildman–Crippen LogP) is 4.21. The van der Waals surface area contributed by atoms with Gasteiger partial charge in [0.05, 0.1) is 0 Å². The molecular weight excluding hydrogens is 249 g/mol. The van der Waals surface area contributed by atoms with Gasteiger partial charge in [0.2, 0.25) is 0 Å². The van der Waals surface area contributed by atoms with Crippen LogP contribution in [0.25, 0.3) is 0 Å². The highest BCUT2D eigenvalue weighted by molar-refractivity contribution is 5.30. The van der Waals surface area contributed by atoms with Crippen molar-refractivity contribution in [3.63, 3.8) is 0 Å². The largest absolute Gasteiger partial charge is 0.324 e. The quantitative estimate of drug-likeness (QED) is 0.858. The summed E-state index contributed by atoms with van der Waals surface area (Å²) in [7, 11) is 0. The molecule has 4 aliphatic carbocycles. The van der Waals surface area contributed by atoms with Gasteiger partial charge in [0.25, 0.3) is 0 Å². The molecule has 4 aliphatic rings. The highest BCUT2D eigenvalue weighted by atomic mass is 19.1. The standard InChI is InChI=1S/C18H24FN/c1-10-2-3-15(19)9-16(10)18(20)17-13-5-11-4-12(7-13)8-14(17)6-11/h2-3,9,11-14,17-18H,4-8,20H2,1H3. The van der Waals surface area contributed by atoms with Gasteiger partial charge in [-0.2, -0.15) is 0 Å². The van der Waals surface area contributed by atoms with E-state index in [1.54, 1.807) is 12.1 Å². The first-order chi connectivity index (χ1) is 9.61. The molecule has 0 spiro atoms. The molecule has 0 aromatic heterocycles. The highest BCUT2D eigenvalue weighted by Gasteiger charge is 2.50. The lowest BCUT2D eigenvalue weighted by atomic mass is 9.50. The van der Waals surface area contributed by atoms with Gasteiger partial charge in [-0.25, -0.2) is 4.39 Å². The lowest BCUT2D eigenvalue weighted by Crippen LogP contribution is -2.48. The SMILES string of the molecule is Cc1ccc(F)cc1C(N)C1C2CC3CC(C2)CC1C3. The average molecular weight is 273 g/mol. The van der Waals surface area contributed by atoms with Gasteiger partial charge in [-0.3, -0.25) is 0 Å². The Morgan fingerprint density at radius 1 is 1.05 bits per heavy atom. The zero-order valence-electron chi connectivity index (χ0n) is 12.2. The first-order valence-corrected chi connectivity index (χ1v) is 8.13. The molecule has 0 saturated heterocycles. The number of halogens is 1. The van der Waals surface area contributed by atoms with E-state index in [1.807, 2.05) is 6.07 Å². The number of benzene rings is 1. The Labute approximate surface area is 120 Å². The Bertz CT molecular complexity index is 496. The van der Waals surface area contributed by atoms with Crippen molar-refractivity contribution in [1.82, 2.24) is 0 Å². The molecule has 4 bridgehead atoms. The van der Waals surface area contributed by atoms with E-state index in [0.29, 0.717) is 5.92 Å². The van der Waals surface area contributed by atoms with Crippen molar-refractivity contribution < 1.29 is 4.39 Å². The van der Waals surface area contributed by atoms with E-state index < -0.39 is 0 Å². The Hall–Kier alpha value is -0.890. The van der Waals surface area contributed by atoms with Crippen LogP contribution in [-0.4, -0.2) is 0 Å². The number of aryl methyl sites for hydroxylation is 1. The summed E-state index contributed by atoms with van der Waals surface area (Å²) in [6.07, 6.45) is 6.97. The van der Waals surface area contributed by atoms with Gasteiger partial charge in [-0.05, 0) is 91.9 Å². The molecule has 5 rings (SSSR count). The summed E-state index contributed by atoms with van der Waals surface area (Å²) in [6.45, 7) is 2.06. The molecule has 1 aromatic rings. The van der Waals surface area contributed by atoms with Crippen molar-refractivity contribution in [3.05, 3.63) is 35.1 Å². The summed E-state index contributed by atoms with van der Waals surface area (Å²) in [6, 6.07) is 5.12. The molecule has 0 heterocycles. The summed E-state index contributed by atoms with van der Waals surface area (Å²) >= 11 is 0. The Morgan fingerprint density at radius 3 is 2.25 bits per heavy atom. The highest BCUT2D eigenvalue weighted by Crippen LogP contribution is 2.59. The van der Waals surface area contributed by atoms with Crippen LogP contribution in [0.2, 0.25) is 0 Å². The summed E-state index contributed by atoms with van der Waals surface area (Å²) in [5.41, 5.74) is 8.81. The molecule has 2 N–H and O–H groups in total. The maximum Gasteiger partial charge on any atom is 0.123 e. The van der Waals surface area contributed by atoms with Crippen molar-refractivity contribution in [2.24, 2.45) is 35.3 Å². The van der Waals surface area contributed by atoms with Crippen molar-refractivity contribution in [2.45, 2.75) is 45.1 Å². The summed E-state index contributed by atoms with van der Waals surface area (Å²) in [5.74, 6) is 3.96. The monoisotopic (exact) mass is 273 g/mol. The third kappa shape index (κ3) is 1.92. The van der Waals surface area contributed by atoms with E-state index >= 15 is 0 Å². The first-order valence-electron chi connectivity index (χ1n) is 8.13. The molecule has 2 heteroatoms. The third-order valence-corrected chi connectivity index (χ3v) is 6.31. The van der Waals surface area contributed by atoms with Crippen molar-refractivity contribution in [1.29, 1.82) is 0 Å². The normalized spacial score (nSPS) is 40.0. The number of hydrogen-bond donors (Lipinski definition) is 1. The van der Waals surface area contributed by atoms with Crippen molar-refractivity contribution in [2.75, 3.05) is 0 Å². The predicted molar refractivity (Wildman–Crippen MR) is 78.6 cm³/mol. The minimum atomic E-state index is -0.148. The van der Waals surface area contributed by atoms with Gasteiger partial charge >= 0.3 is 0 Å². The molecule has 1 atom stereocenters. The fourth-order valence-corrected chi connectivity index (χ4v) is 5.73. The van der Waals surface area contributed by atoms with Crippen LogP contribution in [0.1, 0.15) is 49.3 Å². The zero-order chi connectivity index (χ0) is 13.9. The first kappa shape index (κ1) is 12.8. The van der Waals surface area contributed by atoms with E-state index in [0.717, 1.165) is 34.8 Å². The molecule has 1 aromatic carbocycles. The lowest BCUT2D eigenvalue weighted by molar-refractivity contribution is -0.0472. The third-order valence-electron chi connectivity index (χ3n) is 6.31. The summed E-state index contributed by atoms with van der Waals surface area (Å²) < 4.78 is 13.6. The molecule has 0 aliphatic heterocycles. The fourth-order valence-electron chi connectivity index (χ4n) is 5.73. The second-order valence-corrected chi connectivity index (χ2v) is 7.53. The van der Waals surface area contributed by atoms with E-state index in [1.165, 1.54) is 32.1 Å². The van der Waals surface area contributed by atoms with Gasteiger partial charge in [0.1, 0.15) is 5.82 Å². The van der Waals surface area contributed by atoms with Crippen LogP contribution in [0.15, 0.2) is 18.2 Å². The molecule has 0 radical (unpaired) electrons. The maximum absolute atomic E-state index is 13.6. The molecule has 4 saturated carbocycles. The Kier molecular flexibility index (Phi) is 2.92. The van der Waals surface area contributed by atoms with E-state index in [-0.39, 0.29) is 11.9 Å². The van der Waals surface area contributed by atoms with Crippen LogP contribution in [0.5, 0.6) is 0 Å². The van der Waals surface area contributed by atoms with Gasteiger partial charge < -0.3 is 5.73 Å². The Morgan fingerprint density at radius 2 is 1.65 bits per heavy atom. The van der Waals surface area contributed by atoms with Gasteiger partial charge in [0, 0.05) is 6.04 Å². The molecular formula is C18H24FN. The average Bonchev–Trinajstić information content (AvgIpc) is 2.40. The molecule has 4 fully saturated rings. The minimum absolute atomic E-state index is 0.0284. The lowest BCUT2D eigenvalue weighted by Gasteiger charge is -2.56. The van der Waals surface area contributed by atoms with Crippen LogP contribution >= 0.6 is 0 Å². The van der Waals surface area contributed by atoms with E-state index in [9.17, 15) is 4.39 Å². The van der Waals surface area contributed by atoms with Crippen LogP contribution in [0.4, 0.5) is 4.39 Å².